The SMILES string of the molecule is CC(C)NC(=S)c1cnc[nH]1. The van der Waals surface area contributed by atoms with E-state index in [9.17, 15) is 0 Å². The minimum absolute atomic E-state index is 0.366. The fraction of sp³-hybridized carbons (Fsp3) is 0.429. The lowest BCUT2D eigenvalue weighted by Crippen LogP contribution is -2.29. The molecule has 11 heavy (non-hydrogen) atoms. The first-order chi connectivity index (χ1) is 5.20. The average molecular weight is 169 g/mol. The number of H-pyrrole nitrogens is 1. The first kappa shape index (κ1) is 8.20. The second-order valence-electron chi connectivity index (χ2n) is 2.59. The minimum Gasteiger partial charge on any atom is -0.372 e. The van der Waals surface area contributed by atoms with E-state index in [4.69, 9.17) is 12.2 Å². The van der Waals surface area contributed by atoms with Crippen LogP contribution in [0.25, 0.3) is 0 Å². The highest BCUT2D eigenvalue weighted by molar-refractivity contribution is 7.80. The Balaban J connectivity index is 2.57. The number of thiocarbonyl (C=S) groups is 1. The van der Waals surface area contributed by atoms with Gasteiger partial charge in [0.05, 0.1) is 18.2 Å². The molecule has 0 spiro atoms. The molecule has 2 N–H and O–H groups in total. The molecule has 0 unspecified atom stereocenters. The smallest absolute Gasteiger partial charge is 0.124 e. The fourth-order valence-electron chi connectivity index (χ4n) is 0.720. The van der Waals surface area contributed by atoms with Crippen LogP contribution in [0.5, 0.6) is 0 Å². The summed E-state index contributed by atoms with van der Waals surface area (Å²) >= 11 is 5.07. The predicted octanol–water partition coefficient (Wildman–Crippen LogP) is 1.08. The second kappa shape index (κ2) is 3.48. The van der Waals surface area contributed by atoms with Gasteiger partial charge >= 0.3 is 0 Å². The molecule has 0 atom stereocenters. The number of imidazole rings is 1. The van der Waals surface area contributed by atoms with Crippen molar-refractivity contribution in [2.75, 3.05) is 0 Å². The molecule has 0 radical (unpaired) electrons. The van der Waals surface area contributed by atoms with Gasteiger partial charge in [0.15, 0.2) is 0 Å². The Morgan fingerprint density at radius 1 is 1.73 bits per heavy atom. The summed E-state index contributed by atoms with van der Waals surface area (Å²) in [6.07, 6.45) is 3.32. The van der Waals surface area contributed by atoms with Crippen molar-refractivity contribution in [1.82, 2.24) is 15.3 Å². The van der Waals surface area contributed by atoms with Crippen molar-refractivity contribution in [3.05, 3.63) is 18.2 Å². The van der Waals surface area contributed by atoms with Crippen LogP contribution in [-0.4, -0.2) is 21.0 Å². The Morgan fingerprint density at radius 3 is 2.91 bits per heavy atom. The molecule has 1 aromatic rings. The van der Waals surface area contributed by atoms with E-state index in [1.165, 1.54) is 0 Å². The van der Waals surface area contributed by atoms with Crippen molar-refractivity contribution >= 4 is 17.2 Å². The first-order valence-electron chi connectivity index (χ1n) is 3.49. The summed E-state index contributed by atoms with van der Waals surface area (Å²) in [6, 6.07) is 0.366. The lowest BCUT2D eigenvalue weighted by molar-refractivity contribution is 0.739. The Labute approximate surface area is 71.2 Å². The number of rotatable bonds is 2. The third-order valence-electron chi connectivity index (χ3n) is 1.16. The number of nitrogens with zero attached hydrogens (tertiary/aromatic N) is 1. The van der Waals surface area contributed by atoms with E-state index in [0.717, 1.165) is 10.7 Å². The zero-order valence-electron chi connectivity index (χ0n) is 6.59. The zero-order chi connectivity index (χ0) is 8.27. The van der Waals surface area contributed by atoms with Gasteiger partial charge in [-0.25, -0.2) is 4.98 Å². The Kier molecular flexibility index (Phi) is 2.59. The highest BCUT2D eigenvalue weighted by Gasteiger charge is 2.01. The van der Waals surface area contributed by atoms with Gasteiger partial charge in [-0.05, 0) is 13.8 Å². The first-order valence-corrected chi connectivity index (χ1v) is 3.90. The van der Waals surface area contributed by atoms with Crippen LogP contribution in [0.4, 0.5) is 0 Å². The molecule has 1 aromatic heterocycles. The summed E-state index contributed by atoms with van der Waals surface area (Å²) in [7, 11) is 0. The number of nitrogens with one attached hydrogen (secondary N) is 2. The van der Waals surface area contributed by atoms with Gasteiger partial charge in [0, 0.05) is 6.04 Å². The molecule has 0 aliphatic heterocycles. The monoisotopic (exact) mass is 169 g/mol. The molecule has 0 aliphatic rings. The van der Waals surface area contributed by atoms with Crippen LogP contribution < -0.4 is 5.32 Å². The third-order valence-corrected chi connectivity index (χ3v) is 1.50. The number of hydrogen-bond acceptors (Lipinski definition) is 2. The van der Waals surface area contributed by atoms with Crippen LogP contribution in [0.15, 0.2) is 12.5 Å². The van der Waals surface area contributed by atoms with E-state index < -0.39 is 0 Å². The molecule has 0 fully saturated rings. The van der Waals surface area contributed by atoms with Gasteiger partial charge in [-0.3, -0.25) is 0 Å². The summed E-state index contributed by atoms with van der Waals surface area (Å²) in [5.74, 6) is 0. The molecule has 0 saturated heterocycles. The average Bonchev–Trinajstić information content (AvgIpc) is 2.35. The number of aromatic amines is 1. The second-order valence-corrected chi connectivity index (χ2v) is 3.00. The molecule has 3 nitrogen and oxygen atoms in total. The van der Waals surface area contributed by atoms with Gasteiger partial charge in [-0.2, -0.15) is 0 Å². The summed E-state index contributed by atoms with van der Waals surface area (Å²) in [6.45, 7) is 4.09. The van der Waals surface area contributed by atoms with E-state index >= 15 is 0 Å². The maximum atomic E-state index is 5.07. The van der Waals surface area contributed by atoms with E-state index in [1.807, 2.05) is 13.8 Å². The lowest BCUT2D eigenvalue weighted by atomic mass is 10.3. The molecule has 60 valence electrons. The summed E-state index contributed by atoms with van der Waals surface area (Å²) in [4.78, 5) is 7.51. The fourth-order valence-corrected chi connectivity index (χ4v) is 1.07. The van der Waals surface area contributed by atoms with Gasteiger partial charge in [0.1, 0.15) is 4.99 Å². The van der Waals surface area contributed by atoms with E-state index in [0.29, 0.717) is 6.04 Å². The van der Waals surface area contributed by atoms with E-state index in [-0.39, 0.29) is 0 Å². The topological polar surface area (TPSA) is 40.7 Å². The number of hydrogen-bond donors (Lipinski definition) is 2. The molecule has 0 amide bonds. The van der Waals surface area contributed by atoms with Crippen molar-refractivity contribution in [3.8, 4) is 0 Å². The molecule has 0 bridgehead atoms. The summed E-state index contributed by atoms with van der Waals surface area (Å²) in [5.41, 5.74) is 0.869. The van der Waals surface area contributed by atoms with Crippen LogP contribution in [0, 0.1) is 0 Å². The normalized spacial score (nSPS) is 10.1. The molecular weight excluding hydrogens is 158 g/mol. The predicted molar refractivity (Wildman–Crippen MR) is 48.6 cm³/mol. The standard InChI is InChI=1S/C7H11N3S/c1-5(2)10-7(11)6-3-8-4-9-6/h3-5H,1-2H3,(H,8,9)(H,10,11). The van der Waals surface area contributed by atoms with Crippen LogP contribution in [0.2, 0.25) is 0 Å². The maximum absolute atomic E-state index is 5.07. The van der Waals surface area contributed by atoms with Crippen LogP contribution in [0.3, 0.4) is 0 Å². The van der Waals surface area contributed by atoms with Gasteiger partial charge in [0.25, 0.3) is 0 Å². The highest BCUT2D eigenvalue weighted by Crippen LogP contribution is 1.93. The van der Waals surface area contributed by atoms with Crippen molar-refractivity contribution in [1.29, 1.82) is 0 Å². The summed E-state index contributed by atoms with van der Waals surface area (Å²) < 4.78 is 0. The highest BCUT2D eigenvalue weighted by atomic mass is 32.1. The van der Waals surface area contributed by atoms with Crippen molar-refractivity contribution in [2.24, 2.45) is 0 Å². The van der Waals surface area contributed by atoms with Gasteiger partial charge in [-0.15, -0.1) is 0 Å². The van der Waals surface area contributed by atoms with Crippen molar-refractivity contribution in [3.63, 3.8) is 0 Å². The Bertz CT molecular complexity index is 228. The van der Waals surface area contributed by atoms with Gasteiger partial charge in [-0.1, -0.05) is 12.2 Å². The van der Waals surface area contributed by atoms with Gasteiger partial charge in [0.2, 0.25) is 0 Å². The maximum Gasteiger partial charge on any atom is 0.124 e. The van der Waals surface area contributed by atoms with Crippen LogP contribution in [0.1, 0.15) is 19.5 Å². The molecule has 0 aromatic carbocycles. The number of aromatic nitrogens is 2. The summed E-state index contributed by atoms with van der Waals surface area (Å²) in [5, 5.41) is 3.11. The van der Waals surface area contributed by atoms with Crippen molar-refractivity contribution in [2.45, 2.75) is 19.9 Å². The van der Waals surface area contributed by atoms with Gasteiger partial charge < -0.3 is 10.3 Å². The Hall–Kier alpha value is -0.900. The molecule has 1 heterocycles. The van der Waals surface area contributed by atoms with E-state index in [1.54, 1.807) is 12.5 Å². The minimum atomic E-state index is 0.366. The van der Waals surface area contributed by atoms with Crippen LogP contribution >= 0.6 is 12.2 Å². The third kappa shape index (κ3) is 2.31. The zero-order valence-corrected chi connectivity index (χ0v) is 7.40. The quantitative estimate of drug-likeness (QED) is 0.651. The van der Waals surface area contributed by atoms with E-state index in [2.05, 4.69) is 15.3 Å². The van der Waals surface area contributed by atoms with Crippen molar-refractivity contribution < 1.29 is 0 Å². The molecule has 0 saturated carbocycles. The van der Waals surface area contributed by atoms with Crippen LogP contribution in [-0.2, 0) is 0 Å². The Morgan fingerprint density at radius 2 is 2.45 bits per heavy atom. The molecule has 1 rings (SSSR count). The molecular formula is C7H11N3S. The molecule has 0 aliphatic carbocycles. The largest absolute Gasteiger partial charge is 0.372 e. The lowest BCUT2D eigenvalue weighted by Gasteiger charge is -2.08. The molecule has 4 heteroatoms.